The van der Waals surface area contributed by atoms with E-state index in [-0.39, 0.29) is 6.10 Å². The Morgan fingerprint density at radius 2 is 1.59 bits per heavy atom. The first-order valence-corrected chi connectivity index (χ1v) is 14.3. The molecule has 0 amide bonds. The van der Waals surface area contributed by atoms with Gasteiger partial charge in [0.05, 0.1) is 6.10 Å². The maximum atomic E-state index is 10.8. The van der Waals surface area contributed by atoms with Crippen molar-refractivity contribution < 1.29 is 9.84 Å². The van der Waals surface area contributed by atoms with Crippen LogP contribution in [0.4, 0.5) is 0 Å². The Balaban J connectivity index is 1.37. The molecule has 32 heavy (non-hydrogen) atoms. The van der Waals surface area contributed by atoms with E-state index in [9.17, 15) is 5.11 Å². The molecule has 2 heteroatoms. The second-order valence-corrected chi connectivity index (χ2v) is 12.7. The van der Waals surface area contributed by atoms with Gasteiger partial charge < -0.3 is 9.84 Å². The van der Waals surface area contributed by atoms with Gasteiger partial charge in [0.25, 0.3) is 0 Å². The van der Waals surface area contributed by atoms with Gasteiger partial charge in [-0.15, -0.1) is 6.58 Å². The Morgan fingerprint density at radius 3 is 2.38 bits per heavy atom. The lowest BCUT2D eigenvalue weighted by Gasteiger charge is -2.62. The Morgan fingerprint density at radius 1 is 0.875 bits per heavy atom. The zero-order chi connectivity index (χ0) is 22.8. The van der Waals surface area contributed by atoms with E-state index >= 15 is 0 Å². The highest BCUT2D eigenvalue weighted by Gasteiger charge is 2.61. The number of rotatable bonds is 10. The zero-order valence-corrected chi connectivity index (χ0v) is 21.5. The normalized spacial score (nSPS) is 45.7. The van der Waals surface area contributed by atoms with E-state index in [4.69, 9.17) is 4.74 Å². The van der Waals surface area contributed by atoms with Crippen LogP contribution in [0.3, 0.4) is 0 Å². The van der Waals surface area contributed by atoms with Crippen molar-refractivity contribution in [3.63, 3.8) is 0 Å². The van der Waals surface area contributed by atoms with Crippen LogP contribution < -0.4 is 0 Å². The first-order valence-electron chi connectivity index (χ1n) is 14.3. The maximum absolute atomic E-state index is 10.8. The highest BCUT2D eigenvalue weighted by atomic mass is 16.5. The molecule has 9 atom stereocenters. The number of unbranched alkanes of at least 4 members (excludes halogenated alkanes) is 4. The second-order valence-electron chi connectivity index (χ2n) is 12.7. The van der Waals surface area contributed by atoms with Gasteiger partial charge in [-0.2, -0.15) is 0 Å². The third-order valence-electron chi connectivity index (χ3n) is 11.3. The van der Waals surface area contributed by atoms with Crippen molar-refractivity contribution in [3.05, 3.63) is 12.7 Å². The minimum atomic E-state index is -0.105. The van der Waals surface area contributed by atoms with Gasteiger partial charge in [0.2, 0.25) is 0 Å². The summed E-state index contributed by atoms with van der Waals surface area (Å²) in [6, 6.07) is 0. The molecule has 0 aliphatic heterocycles. The van der Waals surface area contributed by atoms with Crippen LogP contribution in [0, 0.1) is 46.3 Å². The number of hydrogen-bond donors (Lipinski definition) is 1. The second kappa shape index (κ2) is 10.5. The van der Waals surface area contributed by atoms with Crippen LogP contribution >= 0.6 is 0 Å². The fraction of sp³-hybridized carbons (Fsp3) is 0.933. The summed E-state index contributed by atoms with van der Waals surface area (Å²) in [6.07, 6.45) is 20.2. The number of allylic oxidation sites excluding steroid dienone is 1. The van der Waals surface area contributed by atoms with E-state index in [2.05, 4.69) is 33.4 Å². The summed E-state index contributed by atoms with van der Waals surface area (Å²) in [5.41, 5.74) is 0.936. The summed E-state index contributed by atoms with van der Waals surface area (Å²) in [6.45, 7) is 13.5. The molecule has 4 aliphatic carbocycles. The minimum absolute atomic E-state index is 0.105. The molecular formula is C30H52O2. The van der Waals surface area contributed by atoms with Crippen LogP contribution in [0.25, 0.3) is 0 Å². The maximum Gasteiger partial charge on any atom is 0.0574 e. The fourth-order valence-electron chi connectivity index (χ4n) is 9.43. The molecule has 0 radical (unpaired) electrons. The first-order chi connectivity index (χ1) is 15.5. The van der Waals surface area contributed by atoms with Crippen molar-refractivity contribution in [2.75, 3.05) is 13.2 Å². The van der Waals surface area contributed by atoms with E-state index in [0.29, 0.717) is 22.7 Å². The Kier molecular flexibility index (Phi) is 8.14. The summed E-state index contributed by atoms with van der Waals surface area (Å²) in [5, 5.41) is 10.8. The van der Waals surface area contributed by atoms with Crippen LogP contribution in [-0.4, -0.2) is 24.4 Å². The Hall–Kier alpha value is -0.340. The lowest BCUT2D eigenvalue weighted by molar-refractivity contribution is -0.152. The summed E-state index contributed by atoms with van der Waals surface area (Å²) in [4.78, 5) is 0. The van der Waals surface area contributed by atoms with Crippen LogP contribution in [-0.2, 0) is 4.74 Å². The van der Waals surface area contributed by atoms with E-state index in [1.165, 1.54) is 77.0 Å². The molecule has 184 valence electrons. The molecule has 0 aromatic heterocycles. The van der Waals surface area contributed by atoms with Crippen LogP contribution in [0.2, 0.25) is 0 Å². The van der Waals surface area contributed by atoms with Gasteiger partial charge in [0, 0.05) is 13.2 Å². The summed E-state index contributed by atoms with van der Waals surface area (Å²) in [5.74, 6) is 4.61. The average Bonchev–Trinajstić information content (AvgIpc) is 3.12. The van der Waals surface area contributed by atoms with Crippen molar-refractivity contribution >= 4 is 0 Å². The third kappa shape index (κ3) is 4.49. The van der Waals surface area contributed by atoms with Gasteiger partial charge in [-0.25, -0.2) is 0 Å². The standard InChI is InChI=1S/C30H52O2/c1-5-7-8-9-10-20-32-21-22-12-14-25-23-13-15-26-24(11-6-2)28(31)17-19-30(26,4)27(23)16-18-29(22,25)3/h6,22-28,31H,2,5,7-21H2,1,3-4H3/t22?,23-,24?,25-,26?,27+,28?,29+,30-/m0/s1. The summed E-state index contributed by atoms with van der Waals surface area (Å²) in [7, 11) is 0. The SMILES string of the molecule is C=CCC1C(O)CC[C@@]2(C)C1CC[C@@H]1[C@H]2CC[C@]2(C)C(COCCCCCCC)CC[C@@H]12. The number of aliphatic hydroxyl groups excluding tert-OH is 1. The van der Waals surface area contributed by atoms with Gasteiger partial charge in [-0.05, 0) is 111 Å². The molecule has 2 nitrogen and oxygen atoms in total. The molecule has 4 aliphatic rings. The Bertz CT molecular complexity index is 616. The van der Waals surface area contributed by atoms with Crippen LogP contribution in [0.15, 0.2) is 12.7 Å². The molecule has 0 aromatic carbocycles. The molecule has 0 aromatic rings. The predicted octanol–water partition coefficient (Wildman–Crippen LogP) is 7.80. The molecule has 4 saturated carbocycles. The van der Waals surface area contributed by atoms with E-state index in [0.717, 1.165) is 49.7 Å². The van der Waals surface area contributed by atoms with Gasteiger partial charge in [0.15, 0.2) is 0 Å². The predicted molar refractivity (Wildman–Crippen MR) is 134 cm³/mol. The van der Waals surface area contributed by atoms with Crippen LogP contribution in [0.1, 0.15) is 111 Å². The largest absolute Gasteiger partial charge is 0.393 e. The summed E-state index contributed by atoms with van der Waals surface area (Å²) < 4.78 is 6.27. The number of aliphatic hydroxyl groups is 1. The van der Waals surface area contributed by atoms with E-state index < -0.39 is 0 Å². The smallest absolute Gasteiger partial charge is 0.0574 e. The monoisotopic (exact) mass is 444 g/mol. The number of hydrogen-bond acceptors (Lipinski definition) is 2. The quantitative estimate of drug-likeness (QED) is 0.275. The molecule has 0 bridgehead atoms. The van der Waals surface area contributed by atoms with E-state index in [1.807, 2.05) is 0 Å². The third-order valence-corrected chi connectivity index (χ3v) is 11.3. The molecule has 1 N–H and O–H groups in total. The van der Waals surface area contributed by atoms with Gasteiger partial charge in [-0.3, -0.25) is 0 Å². The van der Waals surface area contributed by atoms with Crippen molar-refractivity contribution in [1.82, 2.24) is 0 Å². The molecule has 0 saturated heterocycles. The number of ether oxygens (including phenoxy) is 1. The van der Waals surface area contributed by atoms with Crippen molar-refractivity contribution in [3.8, 4) is 0 Å². The average molecular weight is 445 g/mol. The first kappa shape index (κ1) is 24.8. The molecule has 4 unspecified atom stereocenters. The molecule has 0 spiro atoms. The molecular weight excluding hydrogens is 392 g/mol. The van der Waals surface area contributed by atoms with Crippen molar-refractivity contribution in [2.24, 2.45) is 46.3 Å². The molecule has 4 fully saturated rings. The van der Waals surface area contributed by atoms with Crippen molar-refractivity contribution in [1.29, 1.82) is 0 Å². The summed E-state index contributed by atoms with van der Waals surface area (Å²) >= 11 is 0. The number of fused-ring (bicyclic) bond motifs is 5. The highest BCUT2D eigenvalue weighted by molar-refractivity contribution is 5.10. The van der Waals surface area contributed by atoms with Gasteiger partial charge in [-0.1, -0.05) is 52.5 Å². The van der Waals surface area contributed by atoms with Crippen molar-refractivity contribution in [2.45, 2.75) is 117 Å². The zero-order valence-electron chi connectivity index (χ0n) is 21.5. The Labute approximate surface area is 199 Å². The lowest BCUT2D eigenvalue weighted by atomic mass is 9.43. The molecule has 0 heterocycles. The highest BCUT2D eigenvalue weighted by Crippen LogP contribution is 2.68. The topological polar surface area (TPSA) is 29.5 Å². The van der Waals surface area contributed by atoms with Gasteiger partial charge >= 0.3 is 0 Å². The lowest BCUT2D eigenvalue weighted by Crippen LogP contribution is -2.56. The molecule has 4 rings (SSSR count). The van der Waals surface area contributed by atoms with E-state index in [1.54, 1.807) is 0 Å². The fourth-order valence-corrected chi connectivity index (χ4v) is 9.43. The van der Waals surface area contributed by atoms with Crippen LogP contribution in [0.5, 0.6) is 0 Å². The minimum Gasteiger partial charge on any atom is -0.393 e. The van der Waals surface area contributed by atoms with Gasteiger partial charge in [0.1, 0.15) is 0 Å².